The molecule has 6 heteroatoms. The quantitative estimate of drug-likeness (QED) is 0.592. The topological polar surface area (TPSA) is 77.5 Å². The number of esters is 1. The van der Waals surface area contributed by atoms with Crippen LogP contribution in [0.25, 0.3) is 0 Å². The van der Waals surface area contributed by atoms with E-state index in [1.807, 2.05) is 31.2 Å². The molecule has 0 fully saturated rings. The number of aryl methyl sites for hydroxylation is 1. The summed E-state index contributed by atoms with van der Waals surface area (Å²) in [7, 11) is 0. The molecule has 24 heavy (non-hydrogen) atoms. The third-order valence-corrected chi connectivity index (χ3v) is 3.29. The molecule has 0 radical (unpaired) electrons. The average molecular weight is 328 g/mol. The van der Waals surface area contributed by atoms with Gasteiger partial charge in [0.15, 0.2) is 6.61 Å². The Morgan fingerprint density at radius 2 is 1.88 bits per heavy atom. The van der Waals surface area contributed by atoms with Crippen LogP contribution < -0.4 is 10.1 Å². The van der Waals surface area contributed by atoms with Crippen molar-refractivity contribution in [2.24, 2.45) is 0 Å². The number of hydrogen-bond donors (Lipinski definition) is 1. The number of hydrogen-bond acceptors (Lipinski definition) is 5. The zero-order chi connectivity index (χ0) is 17.2. The summed E-state index contributed by atoms with van der Waals surface area (Å²) in [6.45, 7) is 2.19. The fourth-order valence-electron chi connectivity index (χ4n) is 2.05. The minimum absolute atomic E-state index is 0.0917. The molecule has 0 aliphatic heterocycles. The lowest BCUT2D eigenvalue weighted by molar-refractivity contribution is -0.145. The zero-order valence-electron chi connectivity index (χ0n) is 13.5. The average Bonchev–Trinajstić information content (AvgIpc) is 2.64. The SMILES string of the molecule is CCc1ccccc1OCC(=O)OCCNC(=O)c1ccncc1. The van der Waals surface area contributed by atoms with E-state index in [2.05, 4.69) is 10.3 Å². The Hall–Kier alpha value is -2.89. The van der Waals surface area contributed by atoms with Gasteiger partial charge in [-0.15, -0.1) is 0 Å². The van der Waals surface area contributed by atoms with Crippen LogP contribution >= 0.6 is 0 Å². The highest BCUT2D eigenvalue weighted by Gasteiger charge is 2.08. The largest absolute Gasteiger partial charge is 0.482 e. The third kappa shape index (κ3) is 5.39. The molecule has 126 valence electrons. The van der Waals surface area contributed by atoms with Gasteiger partial charge >= 0.3 is 5.97 Å². The van der Waals surface area contributed by atoms with Crippen LogP contribution in [0.5, 0.6) is 5.75 Å². The molecular formula is C18H20N2O4. The summed E-state index contributed by atoms with van der Waals surface area (Å²) >= 11 is 0. The number of nitrogens with one attached hydrogen (secondary N) is 1. The van der Waals surface area contributed by atoms with Crippen molar-refractivity contribution >= 4 is 11.9 Å². The maximum atomic E-state index is 11.8. The Morgan fingerprint density at radius 3 is 2.62 bits per heavy atom. The van der Waals surface area contributed by atoms with Gasteiger partial charge < -0.3 is 14.8 Å². The summed E-state index contributed by atoms with van der Waals surface area (Å²) in [6, 6.07) is 10.8. The summed E-state index contributed by atoms with van der Waals surface area (Å²) in [5, 5.41) is 2.66. The molecule has 1 N–H and O–H groups in total. The lowest BCUT2D eigenvalue weighted by Gasteiger charge is -2.10. The van der Waals surface area contributed by atoms with Crippen molar-refractivity contribution in [1.29, 1.82) is 0 Å². The first kappa shape index (κ1) is 17.5. The number of ether oxygens (including phenoxy) is 2. The van der Waals surface area contributed by atoms with Gasteiger partial charge in [-0.1, -0.05) is 25.1 Å². The summed E-state index contributed by atoms with van der Waals surface area (Å²) in [6.07, 6.45) is 3.91. The van der Waals surface area contributed by atoms with Crippen LogP contribution in [0, 0.1) is 0 Å². The maximum absolute atomic E-state index is 11.8. The molecule has 6 nitrogen and oxygen atoms in total. The van der Waals surface area contributed by atoms with E-state index in [1.165, 1.54) is 0 Å². The Bertz CT molecular complexity index is 674. The Kier molecular flexibility index (Phi) is 6.76. The first-order valence-electron chi connectivity index (χ1n) is 7.75. The summed E-state index contributed by atoms with van der Waals surface area (Å²) in [5.41, 5.74) is 1.55. The Balaban J connectivity index is 1.66. The highest BCUT2D eigenvalue weighted by atomic mass is 16.6. The number of rotatable bonds is 8. The van der Waals surface area contributed by atoms with Gasteiger partial charge in [0.2, 0.25) is 0 Å². The highest BCUT2D eigenvalue weighted by molar-refractivity contribution is 5.93. The number of nitrogens with zero attached hydrogens (tertiary/aromatic N) is 1. The van der Waals surface area contributed by atoms with E-state index in [-0.39, 0.29) is 25.7 Å². The zero-order valence-corrected chi connectivity index (χ0v) is 13.5. The van der Waals surface area contributed by atoms with Crippen molar-refractivity contribution in [2.75, 3.05) is 19.8 Å². The van der Waals surface area contributed by atoms with Crippen molar-refractivity contribution in [1.82, 2.24) is 10.3 Å². The van der Waals surface area contributed by atoms with Crippen LogP contribution in [0.3, 0.4) is 0 Å². The molecule has 0 bridgehead atoms. The molecule has 0 atom stereocenters. The first-order chi connectivity index (χ1) is 11.7. The number of carbonyl (C=O) groups excluding carboxylic acids is 2. The summed E-state index contributed by atoms with van der Waals surface area (Å²) in [5.74, 6) is -0.0245. The standard InChI is InChI=1S/C18H20N2O4/c1-2-14-5-3-4-6-16(14)24-13-17(21)23-12-11-20-18(22)15-7-9-19-10-8-15/h3-10H,2,11-13H2,1H3,(H,20,22). The second kappa shape index (κ2) is 9.29. The van der Waals surface area contributed by atoms with Gasteiger partial charge in [-0.2, -0.15) is 0 Å². The molecular weight excluding hydrogens is 308 g/mol. The molecule has 0 saturated heterocycles. The number of amides is 1. The molecule has 2 aromatic rings. The van der Waals surface area contributed by atoms with Gasteiger partial charge in [0, 0.05) is 18.0 Å². The minimum Gasteiger partial charge on any atom is -0.482 e. The second-order valence-corrected chi connectivity index (χ2v) is 4.96. The van der Waals surface area contributed by atoms with Gasteiger partial charge in [0.25, 0.3) is 5.91 Å². The van der Waals surface area contributed by atoms with Gasteiger partial charge in [-0.25, -0.2) is 4.79 Å². The van der Waals surface area contributed by atoms with Gasteiger partial charge in [-0.05, 0) is 30.2 Å². The van der Waals surface area contributed by atoms with Crippen LogP contribution in [-0.4, -0.2) is 36.6 Å². The molecule has 1 aromatic carbocycles. The number of para-hydroxylation sites is 1. The Morgan fingerprint density at radius 1 is 1.12 bits per heavy atom. The molecule has 1 heterocycles. The second-order valence-electron chi connectivity index (χ2n) is 4.96. The van der Waals surface area contributed by atoms with Crippen LogP contribution in [0.15, 0.2) is 48.8 Å². The van der Waals surface area contributed by atoms with Crippen molar-refractivity contribution in [3.8, 4) is 5.75 Å². The molecule has 1 aromatic heterocycles. The fourth-order valence-corrected chi connectivity index (χ4v) is 2.05. The van der Waals surface area contributed by atoms with E-state index in [4.69, 9.17) is 9.47 Å². The van der Waals surface area contributed by atoms with E-state index in [0.717, 1.165) is 12.0 Å². The van der Waals surface area contributed by atoms with Gasteiger partial charge in [-0.3, -0.25) is 9.78 Å². The molecule has 0 aliphatic carbocycles. The number of pyridine rings is 1. The predicted octanol–water partition coefficient (Wildman–Crippen LogP) is 2.00. The van der Waals surface area contributed by atoms with Crippen LogP contribution in [-0.2, 0) is 16.0 Å². The third-order valence-electron chi connectivity index (χ3n) is 3.29. The van der Waals surface area contributed by atoms with Crippen molar-refractivity contribution in [2.45, 2.75) is 13.3 Å². The number of aromatic nitrogens is 1. The van der Waals surface area contributed by atoms with E-state index in [9.17, 15) is 9.59 Å². The summed E-state index contributed by atoms with van der Waals surface area (Å²) < 4.78 is 10.5. The smallest absolute Gasteiger partial charge is 0.344 e. The van der Waals surface area contributed by atoms with E-state index in [0.29, 0.717) is 11.3 Å². The minimum atomic E-state index is -0.473. The molecule has 0 saturated carbocycles. The lowest BCUT2D eigenvalue weighted by atomic mass is 10.1. The molecule has 0 unspecified atom stereocenters. The molecule has 1 amide bonds. The van der Waals surface area contributed by atoms with Crippen molar-refractivity contribution in [3.63, 3.8) is 0 Å². The van der Waals surface area contributed by atoms with Gasteiger partial charge in [0.1, 0.15) is 12.4 Å². The van der Waals surface area contributed by atoms with Crippen LogP contribution in [0.4, 0.5) is 0 Å². The normalized spacial score (nSPS) is 10.0. The molecule has 0 spiro atoms. The fraction of sp³-hybridized carbons (Fsp3) is 0.278. The van der Waals surface area contributed by atoms with Gasteiger partial charge in [0.05, 0.1) is 6.54 Å². The van der Waals surface area contributed by atoms with E-state index >= 15 is 0 Å². The predicted molar refractivity (Wildman–Crippen MR) is 88.8 cm³/mol. The van der Waals surface area contributed by atoms with Crippen LogP contribution in [0.1, 0.15) is 22.8 Å². The number of benzene rings is 1. The van der Waals surface area contributed by atoms with Crippen molar-refractivity contribution in [3.05, 3.63) is 59.9 Å². The maximum Gasteiger partial charge on any atom is 0.344 e. The summed E-state index contributed by atoms with van der Waals surface area (Å²) in [4.78, 5) is 27.3. The molecule has 0 aliphatic rings. The molecule has 2 rings (SSSR count). The lowest BCUT2D eigenvalue weighted by Crippen LogP contribution is -2.28. The Labute approximate surface area is 140 Å². The number of carbonyl (C=O) groups is 2. The van der Waals surface area contributed by atoms with Crippen molar-refractivity contribution < 1.29 is 19.1 Å². The first-order valence-corrected chi connectivity index (χ1v) is 7.75. The van der Waals surface area contributed by atoms with Crippen LogP contribution in [0.2, 0.25) is 0 Å². The van der Waals surface area contributed by atoms with E-state index < -0.39 is 5.97 Å². The highest BCUT2D eigenvalue weighted by Crippen LogP contribution is 2.17. The van der Waals surface area contributed by atoms with E-state index in [1.54, 1.807) is 24.5 Å². The monoisotopic (exact) mass is 328 g/mol.